The maximum absolute atomic E-state index is 12.2. The highest BCUT2D eigenvalue weighted by Gasteiger charge is 2.30. The first-order valence-electron chi connectivity index (χ1n) is 8.71. The molecule has 2 aromatic rings. The molecule has 28 heavy (non-hydrogen) atoms. The molecule has 0 saturated heterocycles. The number of carboxylic acids is 1. The number of anilines is 1. The molecule has 0 aliphatic heterocycles. The van der Waals surface area contributed by atoms with Crippen molar-refractivity contribution in [2.75, 3.05) is 18.4 Å². The van der Waals surface area contributed by atoms with Crippen LogP contribution in [0.1, 0.15) is 22.8 Å². The predicted molar refractivity (Wildman–Crippen MR) is 104 cm³/mol. The average Bonchev–Trinajstić information content (AvgIpc) is 2.67. The largest absolute Gasteiger partial charge is 0.479 e. The first-order chi connectivity index (χ1) is 13.3. The van der Waals surface area contributed by atoms with Gasteiger partial charge in [0.25, 0.3) is 5.91 Å². The monoisotopic (exact) mass is 385 g/mol. The zero-order valence-corrected chi connectivity index (χ0v) is 15.4. The van der Waals surface area contributed by atoms with Crippen LogP contribution >= 0.6 is 0 Å². The zero-order chi connectivity index (χ0) is 20.6. The van der Waals surface area contributed by atoms with Crippen LogP contribution in [0.3, 0.4) is 0 Å². The van der Waals surface area contributed by atoms with E-state index >= 15 is 0 Å². The van der Waals surface area contributed by atoms with Gasteiger partial charge in [0.15, 0.2) is 5.60 Å². The van der Waals surface area contributed by atoms with E-state index in [0.29, 0.717) is 17.8 Å². The summed E-state index contributed by atoms with van der Waals surface area (Å²) in [6.45, 7) is 1.14. The van der Waals surface area contributed by atoms with Gasteiger partial charge in [0.2, 0.25) is 0 Å². The number of nitrogens with one attached hydrogen (secondary N) is 3. The van der Waals surface area contributed by atoms with Gasteiger partial charge in [-0.2, -0.15) is 0 Å². The number of aliphatic carboxylic acids is 1. The number of carbonyl (C=O) groups is 3. The molecule has 2 aromatic carbocycles. The number of rotatable bonds is 8. The molecule has 0 fully saturated rings. The van der Waals surface area contributed by atoms with Crippen molar-refractivity contribution < 1.29 is 24.6 Å². The fourth-order valence-corrected chi connectivity index (χ4v) is 2.28. The molecular weight excluding hydrogens is 362 g/mol. The van der Waals surface area contributed by atoms with E-state index in [-0.39, 0.29) is 5.91 Å². The highest BCUT2D eigenvalue weighted by atomic mass is 16.4. The Kier molecular flexibility index (Phi) is 7.11. The quantitative estimate of drug-likeness (QED) is 0.472. The predicted octanol–water partition coefficient (Wildman–Crippen LogP) is 1.62. The Morgan fingerprint density at radius 3 is 2.21 bits per heavy atom. The molecule has 1 unspecified atom stereocenters. The van der Waals surface area contributed by atoms with E-state index in [9.17, 15) is 19.5 Å². The van der Waals surface area contributed by atoms with Crippen molar-refractivity contribution in [2.24, 2.45) is 0 Å². The summed E-state index contributed by atoms with van der Waals surface area (Å²) < 4.78 is 0. The zero-order valence-electron chi connectivity index (χ0n) is 15.4. The van der Waals surface area contributed by atoms with Crippen LogP contribution in [0, 0.1) is 0 Å². The third-order valence-corrected chi connectivity index (χ3v) is 4.00. The van der Waals surface area contributed by atoms with E-state index in [4.69, 9.17) is 5.11 Å². The van der Waals surface area contributed by atoms with Crippen LogP contribution in [0.15, 0.2) is 54.6 Å². The van der Waals surface area contributed by atoms with E-state index in [0.717, 1.165) is 18.9 Å². The van der Waals surface area contributed by atoms with E-state index in [2.05, 4.69) is 16.0 Å². The van der Waals surface area contributed by atoms with E-state index < -0.39 is 24.1 Å². The summed E-state index contributed by atoms with van der Waals surface area (Å²) in [7, 11) is 0. The van der Waals surface area contributed by atoms with Crippen LogP contribution in [0.5, 0.6) is 0 Å². The lowest BCUT2D eigenvalue weighted by Gasteiger charge is -2.18. The summed E-state index contributed by atoms with van der Waals surface area (Å²) in [5.74, 6) is -1.65. The van der Waals surface area contributed by atoms with Crippen LogP contribution in [0.25, 0.3) is 0 Å². The normalized spacial score (nSPS) is 12.5. The third-order valence-electron chi connectivity index (χ3n) is 4.00. The standard InChI is InChI=1S/C20H23N3O5/c1-20(28,18(25)26)13-22-19(27)23-16-9-7-15(8-10-16)17(24)21-12-11-14-5-3-2-4-6-14/h2-10,28H,11-13H2,1H3,(H,21,24)(H,25,26)(H2,22,23,27). The Hall–Kier alpha value is -3.39. The van der Waals surface area contributed by atoms with E-state index in [1.807, 2.05) is 30.3 Å². The van der Waals surface area contributed by atoms with Gasteiger partial charge in [-0.05, 0) is 43.2 Å². The number of carboxylic acid groups (broad SMARTS) is 1. The fraction of sp³-hybridized carbons (Fsp3) is 0.250. The van der Waals surface area contributed by atoms with E-state index in [1.165, 1.54) is 0 Å². The minimum absolute atomic E-state index is 0.218. The summed E-state index contributed by atoms with van der Waals surface area (Å²) in [5, 5.41) is 26.0. The second-order valence-corrected chi connectivity index (χ2v) is 6.46. The highest BCUT2D eigenvalue weighted by molar-refractivity contribution is 5.95. The Morgan fingerprint density at radius 2 is 1.61 bits per heavy atom. The molecule has 0 bridgehead atoms. The molecule has 0 saturated carbocycles. The summed E-state index contributed by atoms with van der Waals surface area (Å²) in [4.78, 5) is 34.7. The SMILES string of the molecule is CC(O)(CNC(=O)Nc1ccc(C(=O)NCCc2ccccc2)cc1)C(=O)O. The molecular formula is C20H23N3O5. The van der Waals surface area contributed by atoms with Gasteiger partial charge in [0.1, 0.15) is 0 Å². The summed E-state index contributed by atoms with van der Waals surface area (Å²) >= 11 is 0. The van der Waals surface area contributed by atoms with Gasteiger partial charge in [-0.25, -0.2) is 9.59 Å². The topological polar surface area (TPSA) is 128 Å². The van der Waals surface area contributed by atoms with Gasteiger partial charge in [0, 0.05) is 17.8 Å². The second-order valence-electron chi connectivity index (χ2n) is 6.46. The lowest BCUT2D eigenvalue weighted by molar-refractivity contribution is -0.155. The van der Waals surface area contributed by atoms with Gasteiger partial charge in [-0.15, -0.1) is 0 Å². The molecule has 0 heterocycles. The van der Waals surface area contributed by atoms with Crippen molar-refractivity contribution in [3.8, 4) is 0 Å². The Bertz CT molecular complexity index is 819. The smallest absolute Gasteiger partial charge is 0.337 e. The number of hydrogen-bond donors (Lipinski definition) is 5. The Morgan fingerprint density at radius 1 is 0.964 bits per heavy atom. The number of hydrogen-bond acceptors (Lipinski definition) is 4. The van der Waals surface area contributed by atoms with Crippen molar-refractivity contribution in [2.45, 2.75) is 18.9 Å². The van der Waals surface area contributed by atoms with Gasteiger partial charge in [-0.1, -0.05) is 30.3 Å². The summed E-state index contributed by atoms with van der Waals surface area (Å²) in [5.41, 5.74) is -0.0460. The van der Waals surface area contributed by atoms with Crippen LogP contribution in [-0.2, 0) is 11.2 Å². The number of urea groups is 1. The summed E-state index contributed by atoms with van der Waals surface area (Å²) in [6.07, 6.45) is 0.729. The number of aliphatic hydroxyl groups is 1. The molecule has 2 rings (SSSR count). The minimum Gasteiger partial charge on any atom is -0.479 e. The molecule has 0 radical (unpaired) electrons. The Labute approximate surface area is 162 Å². The molecule has 148 valence electrons. The first kappa shape index (κ1) is 20.9. The van der Waals surface area contributed by atoms with Gasteiger partial charge in [0.05, 0.1) is 6.54 Å². The third kappa shape index (κ3) is 6.40. The van der Waals surface area contributed by atoms with Gasteiger partial charge < -0.3 is 26.2 Å². The van der Waals surface area contributed by atoms with E-state index in [1.54, 1.807) is 24.3 Å². The average molecular weight is 385 g/mol. The molecule has 3 amide bonds. The molecule has 0 aliphatic carbocycles. The number of amides is 3. The molecule has 8 nitrogen and oxygen atoms in total. The van der Waals surface area contributed by atoms with Crippen molar-refractivity contribution >= 4 is 23.6 Å². The second kappa shape index (κ2) is 9.52. The minimum atomic E-state index is -2.06. The van der Waals surface area contributed by atoms with Crippen molar-refractivity contribution in [1.29, 1.82) is 0 Å². The van der Waals surface area contributed by atoms with Crippen LogP contribution in [-0.4, -0.2) is 46.8 Å². The van der Waals surface area contributed by atoms with Crippen LogP contribution in [0.4, 0.5) is 10.5 Å². The maximum atomic E-state index is 12.2. The number of benzene rings is 2. The lowest BCUT2D eigenvalue weighted by Crippen LogP contribution is -2.47. The fourth-order valence-electron chi connectivity index (χ4n) is 2.28. The molecule has 5 N–H and O–H groups in total. The first-order valence-corrected chi connectivity index (χ1v) is 8.71. The van der Waals surface area contributed by atoms with Crippen molar-refractivity contribution in [3.63, 3.8) is 0 Å². The molecule has 0 spiro atoms. The van der Waals surface area contributed by atoms with Crippen LogP contribution < -0.4 is 16.0 Å². The maximum Gasteiger partial charge on any atom is 0.337 e. The van der Waals surface area contributed by atoms with Gasteiger partial charge in [-0.3, -0.25) is 4.79 Å². The van der Waals surface area contributed by atoms with Crippen molar-refractivity contribution in [1.82, 2.24) is 10.6 Å². The molecule has 0 aliphatic rings. The Balaban J connectivity index is 1.79. The number of carbonyl (C=O) groups excluding carboxylic acids is 2. The molecule has 1 atom stereocenters. The van der Waals surface area contributed by atoms with Gasteiger partial charge >= 0.3 is 12.0 Å². The molecule has 8 heteroatoms. The summed E-state index contributed by atoms with van der Waals surface area (Å²) in [6, 6.07) is 15.4. The van der Waals surface area contributed by atoms with Crippen LogP contribution in [0.2, 0.25) is 0 Å². The van der Waals surface area contributed by atoms with Crippen molar-refractivity contribution in [3.05, 3.63) is 65.7 Å². The lowest BCUT2D eigenvalue weighted by atomic mass is 10.1. The molecule has 0 aromatic heterocycles. The highest BCUT2D eigenvalue weighted by Crippen LogP contribution is 2.10.